The number of ether oxygens (including phenoxy) is 2. The Labute approximate surface area is 160 Å². The summed E-state index contributed by atoms with van der Waals surface area (Å²) >= 11 is 0. The molecule has 0 spiro atoms. The molecule has 0 aliphatic heterocycles. The zero-order valence-corrected chi connectivity index (χ0v) is 17.4. The Hall–Kier alpha value is -2.44. The third-order valence-corrected chi connectivity index (χ3v) is 4.26. The Kier molecular flexibility index (Phi) is 5.92. The molecule has 1 N–H and O–H groups in total. The minimum atomic E-state index is -0.527. The third-order valence-electron chi connectivity index (χ3n) is 4.26. The van der Waals surface area contributed by atoms with Gasteiger partial charge >= 0.3 is 12.1 Å². The zero-order valence-electron chi connectivity index (χ0n) is 17.4. The van der Waals surface area contributed by atoms with Crippen molar-refractivity contribution in [1.82, 2.24) is 14.7 Å². The van der Waals surface area contributed by atoms with E-state index in [2.05, 4.69) is 10.00 Å². The van der Waals surface area contributed by atoms with E-state index in [0.717, 1.165) is 11.0 Å². The van der Waals surface area contributed by atoms with E-state index < -0.39 is 17.2 Å². The Balaban J connectivity index is 2.09. The second-order valence-electron chi connectivity index (χ2n) is 8.30. The highest BCUT2D eigenvalue weighted by atomic mass is 16.6. The standard InChI is InChI=1S/C20H31N3O4/c1-8-26-17(24)14-10-9-11-15-16(14)22(7)23(15)13-12-20(5,6)21-18(25)27-19(2,3)4/h9-11H,8,12-13H2,1-7H3,(H,21,25). The molecule has 0 radical (unpaired) electrons. The summed E-state index contributed by atoms with van der Waals surface area (Å²) in [6, 6.07) is 5.61. The van der Waals surface area contributed by atoms with E-state index in [1.54, 1.807) is 13.0 Å². The molecule has 0 atom stereocenters. The van der Waals surface area contributed by atoms with Gasteiger partial charge in [0.2, 0.25) is 0 Å². The van der Waals surface area contributed by atoms with E-state index in [1.165, 1.54) is 0 Å². The van der Waals surface area contributed by atoms with Crippen LogP contribution in [-0.4, -0.2) is 39.2 Å². The molecule has 7 nitrogen and oxygen atoms in total. The van der Waals surface area contributed by atoms with Gasteiger partial charge in [0.25, 0.3) is 0 Å². The largest absolute Gasteiger partial charge is 0.462 e. The summed E-state index contributed by atoms with van der Waals surface area (Å²) in [5.41, 5.74) is 1.46. The molecule has 150 valence electrons. The van der Waals surface area contributed by atoms with Gasteiger partial charge in [0.05, 0.1) is 23.2 Å². The number of aromatic nitrogens is 2. The maximum atomic E-state index is 12.1. The molecule has 2 aromatic rings. The van der Waals surface area contributed by atoms with Gasteiger partial charge in [0.1, 0.15) is 5.60 Å². The van der Waals surface area contributed by atoms with Crippen LogP contribution in [0.25, 0.3) is 11.0 Å². The summed E-state index contributed by atoms with van der Waals surface area (Å²) in [5.74, 6) is -0.312. The quantitative estimate of drug-likeness (QED) is 0.776. The van der Waals surface area contributed by atoms with Gasteiger partial charge in [-0.3, -0.25) is 9.36 Å². The van der Waals surface area contributed by atoms with Crippen LogP contribution in [0.1, 0.15) is 58.3 Å². The van der Waals surface area contributed by atoms with E-state index in [-0.39, 0.29) is 5.97 Å². The Morgan fingerprint density at radius 2 is 1.81 bits per heavy atom. The van der Waals surface area contributed by atoms with Gasteiger partial charge in [-0.25, -0.2) is 9.59 Å². The monoisotopic (exact) mass is 377 g/mol. The number of aryl methyl sites for hydroxylation is 2. The maximum Gasteiger partial charge on any atom is 0.408 e. The predicted octanol–water partition coefficient (Wildman–Crippen LogP) is 3.85. The molecule has 1 heterocycles. The van der Waals surface area contributed by atoms with Crippen LogP contribution in [0.5, 0.6) is 0 Å². The lowest BCUT2D eigenvalue weighted by atomic mass is 10.0. The van der Waals surface area contributed by atoms with Crippen molar-refractivity contribution in [3.63, 3.8) is 0 Å². The number of hydrogen-bond acceptors (Lipinski definition) is 4. The maximum absolute atomic E-state index is 12.1. The smallest absolute Gasteiger partial charge is 0.408 e. The van der Waals surface area contributed by atoms with Crippen molar-refractivity contribution in [2.45, 2.75) is 65.6 Å². The highest BCUT2D eigenvalue weighted by molar-refractivity contribution is 6.03. The number of rotatable bonds is 6. The van der Waals surface area contributed by atoms with Gasteiger partial charge in [0, 0.05) is 19.1 Å². The molecule has 0 saturated heterocycles. The number of nitrogens with one attached hydrogen (secondary N) is 1. The molecule has 0 aliphatic rings. The summed E-state index contributed by atoms with van der Waals surface area (Å²) in [6.45, 7) is 12.3. The van der Waals surface area contributed by atoms with E-state index >= 15 is 0 Å². The fourth-order valence-corrected chi connectivity index (χ4v) is 2.99. The van der Waals surface area contributed by atoms with Crippen LogP contribution in [0.2, 0.25) is 0 Å². The minimum Gasteiger partial charge on any atom is -0.462 e. The third kappa shape index (κ3) is 5.05. The van der Waals surface area contributed by atoms with Gasteiger partial charge < -0.3 is 14.8 Å². The van der Waals surface area contributed by atoms with Gasteiger partial charge in [-0.15, -0.1) is 0 Å². The highest BCUT2D eigenvalue weighted by Gasteiger charge is 2.26. The predicted molar refractivity (Wildman–Crippen MR) is 105 cm³/mol. The number of para-hydroxylation sites is 1. The van der Waals surface area contributed by atoms with Crippen molar-refractivity contribution in [3.8, 4) is 0 Å². The zero-order chi connectivity index (χ0) is 20.4. The lowest BCUT2D eigenvalue weighted by Crippen LogP contribution is -2.46. The summed E-state index contributed by atoms with van der Waals surface area (Å²) in [5, 5.41) is 2.92. The fraction of sp³-hybridized carbons (Fsp3) is 0.600. The molecular weight excluding hydrogens is 346 g/mol. The topological polar surface area (TPSA) is 74.5 Å². The Morgan fingerprint density at radius 3 is 2.41 bits per heavy atom. The van der Waals surface area contributed by atoms with Crippen LogP contribution in [0.3, 0.4) is 0 Å². The first-order valence-corrected chi connectivity index (χ1v) is 9.27. The molecule has 1 aromatic heterocycles. The van der Waals surface area contributed by atoms with Crippen molar-refractivity contribution in [2.24, 2.45) is 7.05 Å². The van der Waals surface area contributed by atoms with E-state index in [1.807, 2.05) is 58.5 Å². The van der Waals surface area contributed by atoms with E-state index in [0.29, 0.717) is 25.1 Å². The Morgan fingerprint density at radius 1 is 1.15 bits per heavy atom. The average molecular weight is 377 g/mol. The lowest BCUT2D eigenvalue weighted by Gasteiger charge is -2.31. The van der Waals surface area contributed by atoms with E-state index in [9.17, 15) is 9.59 Å². The number of amides is 1. The van der Waals surface area contributed by atoms with Gasteiger partial charge in [-0.2, -0.15) is 0 Å². The number of fused-ring (bicyclic) bond motifs is 1. The Bertz CT molecular complexity index is 824. The average Bonchev–Trinajstić information content (AvgIpc) is 2.51. The number of carbonyl (C=O) groups excluding carboxylic acids is 2. The number of nitrogens with zero attached hydrogens (tertiary/aromatic N) is 2. The molecule has 27 heavy (non-hydrogen) atoms. The summed E-state index contributed by atoms with van der Waals surface area (Å²) < 4.78 is 14.5. The number of hydrogen-bond donors (Lipinski definition) is 1. The molecule has 1 amide bonds. The van der Waals surface area contributed by atoms with Crippen molar-refractivity contribution >= 4 is 23.1 Å². The molecule has 2 rings (SSSR count). The first-order valence-electron chi connectivity index (χ1n) is 9.27. The second kappa shape index (κ2) is 7.66. The molecule has 0 bridgehead atoms. The first-order chi connectivity index (χ1) is 12.4. The van der Waals surface area contributed by atoms with Crippen LogP contribution in [0.4, 0.5) is 4.79 Å². The van der Waals surface area contributed by atoms with Crippen LogP contribution >= 0.6 is 0 Å². The van der Waals surface area contributed by atoms with Gasteiger partial charge in [-0.05, 0) is 60.1 Å². The highest BCUT2D eigenvalue weighted by Crippen LogP contribution is 2.25. The number of esters is 1. The second-order valence-corrected chi connectivity index (χ2v) is 8.30. The number of benzene rings is 1. The molecule has 0 unspecified atom stereocenters. The molecule has 1 aromatic carbocycles. The van der Waals surface area contributed by atoms with Crippen LogP contribution in [0.15, 0.2) is 18.2 Å². The van der Waals surface area contributed by atoms with Gasteiger partial charge in [-0.1, -0.05) is 6.07 Å². The van der Waals surface area contributed by atoms with Crippen molar-refractivity contribution < 1.29 is 19.1 Å². The molecule has 0 saturated carbocycles. The minimum absolute atomic E-state index is 0.312. The summed E-state index contributed by atoms with van der Waals surface area (Å²) in [7, 11) is 1.92. The van der Waals surface area contributed by atoms with Crippen LogP contribution < -0.4 is 5.32 Å². The van der Waals surface area contributed by atoms with Crippen molar-refractivity contribution in [3.05, 3.63) is 23.8 Å². The number of carbonyl (C=O) groups is 2. The summed E-state index contributed by atoms with van der Waals surface area (Å²) in [4.78, 5) is 24.2. The van der Waals surface area contributed by atoms with Gasteiger partial charge in [0.15, 0.2) is 0 Å². The SMILES string of the molecule is CCOC(=O)c1cccc2c1n(C)n2CCC(C)(C)NC(=O)OC(C)(C)C. The van der Waals surface area contributed by atoms with Crippen LogP contribution in [-0.2, 0) is 23.1 Å². The molecule has 0 aliphatic carbocycles. The van der Waals surface area contributed by atoms with Crippen molar-refractivity contribution in [2.75, 3.05) is 6.61 Å². The molecule has 7 heteroatoms. The molecular formula is C20H31N3O4. The summed E-state index contributed by atoms with van der Waals surface area (Å²) in [6.07, 6.45) is 0.286. The number of alkyl carbamates (subject to hydrolysis) is 1. The fourth-order valence-electron chi connectivity index (χ4n) is 2.99. The normalized spacial score (nSPS) is 12.3. The van der Waals surface area contributed by atoms with Crippen LogP contribution in [0, 0.1) is 0 Å². The first kappa shape index (κ1) is 20.9. The van der Waals surface area contributed by atoms with E-state index in [4.69, 9.17) is 9.47 Å². The lowest BCUT2D eigenvalue weighted by molar-refractivity contribution is 0.0462. The van der Waals surface area contributed by atoms with Crippen molar-refractivity contribution in [1.29, 1.82) is 0 Å². The molecule has 0 fully saturated rings.